The van der Waals surface area contributed by atoms with Crippen LogP contribution in [0.2, 0.25) is 0 Å². The molecule has 1 unspecified atom stereocenters. The van der Waals surface area contributed by atoms with E-state index in [0.29, 0.717) is 22.6 Å². The molecule has 1 heterocycles. The van der Waals surface area contributed by atoms with Crippen LogP contribution in [-0.4, -0.2) is 24.8 Å². The molecule has 0 amide bonds. The average Bonchev–Trinajstić information content (AvgIpc) is 2.48. The van der Waals surface area contributed by atoms with Crippen LogP contribution in [0.3, 0.4) is 0 Å². The molecule has 0 fully saturated rings. The lowest BCUT2D eigenvalue weighted by molar-refractivity contribution is -0.131. The number of anilines is 2. The van der Waals surface area contributed by atoms with E-state index >= 15 is 0 Å². The van der Waals surface area contributed by atoms with Crippen molar-refractivity contribution < 1.29 is 18.7 Å². The fourth-order valence-corrected chi connectivity index (χ4v) is 2.04. The third-order valence-electron chi connectivity index (χ3n) is 2.61. The van der Waals surface area contributed by atoms with E-state index in [-0.39, 0.29) is 0 Å². The van der Waals surface area contributed by atoms with Crippen LogP contribution in [0.4, 0.5) is 11.4 Å². The van der Waals surface area contributed by atoms with Crippen LogP contribution in [0.5, 0.6) is 0 Å². The second-order valence-electron chi connectivity index (χ2n) is 4.18. The Morgan fingerprint density at radius 3 is 2.45 bits per heavy atom. The third kappa shape index (κ3) is 4.69. The first-order valence-electron chi connectivity index (χ1n) is 6.12. The molecule has 0 aliphatic carbocycles. The summed E-state index contributed by atoms with van der Waals surface area (Å²) >= 11 is -2.39. The molecule has 22 heavy (non-hydrogen) atoms. The minimum absolute atomic E-state index is 0.369. The van der Waals surface area contributed by atoms with Crippen molar-refractivity contribution in [3.8, 4) is 0 Å². The SMILES string of the molecule is O=C(O)C=C(Nc1ccc(NS(=O)[O-])cc1)c1cccnc1. The van der Waals surface area contributed by atoms with Gasteiger partial charge in [-0.3, -0.25) is 9.19 Å². The molecule has 3 N–H and O–H groups in total. The van der Waals surface area contributed by atoms with E-state index < -0.39 is 17.2 Å². The number of benzene rings is 1. The number of aliphatic carboxylic acids is 1. The summed E-state index contributed by atoms with van der Waals surface area (Å²) in [6.45, 7) is 0. The zero-order valence-corrected chi connectivity index (χ0v) is 12.0. The maximum atomic E-state index is 10.9. The van der Waals surface area contributed by atoms with E-state index in [9.17, 15) is 13.6 Å². The highest BCUT2D eigenvalue weighted by atomic mass is 32.2. The number of nitrogens with zero attached hydrogens (tertiary/aromatic N) is 1. The predicted molar refractivity (Wildman–Crippen MR) is 82.5 cm³/mol. The molecule has 0 bridgehead atoms. The number of hydrogen-bond donors (Lipinski definition) is 3. The van der Waals surface area contributed by atoms with Gasteiger partial charge < -0.3 is 19.7 Å². The van der Waals surface area contributed by atoms with Gasteiger partial charge in [0.05, 0.1) is 5.70 Å². The molecule has 1 aromatic heterocycles. The van der Waals surface area contributed by atoms with Crippen molar-refractivity contribution in [1.29, 1.82) is 0 Å². The number of nitrogens with one attached hydrogen (secondary N) is 2. The smallest absolute Gasteiger partial charge is 0.330 e. The Balaban J connectivity index is 2.21. The zero-order chi connectivity index (χ0) is 15.9. The highest BCUT2D eigenvalue weighted by Gasteiger charge is 2.05. The lowest BCUT2D eigenvalue weighted by atomic mass is 10.2. The normalized spacial score (nSPS) is 12.5. The Morgan fingerprint density at radius 1 is 1.23 bits per heavy atom. The third-order valence-corrected chi connectivity index (χ3v) is 3.01. The van der Waals surface area contributed by atoms with Crippen LogP contribution in [-0.2, 0) is 16.1 Å². The van der Waals surface area contributed by atoms with Crippen LogP contribution < -0.4 is 10.0 Å². The van der Waals surface area contributed by atoms with Gasteiger partial charge >= 0.3 is 5.97 Å². The van der Waals surface area contributed by atoms with Crippen LogP contribution in [0.15, 0.2) is 54.9 Å². The summed E-state index contributed by atoms with van der Waals surface area (Å²) in [4.78, 5) is 14.9. The van der Waals surface area contributed by atoms with Gasteiger partial charge in [-0.05, 0) is 36.4 Å². The minimum Gasteiger partial charge on any atom is -0.755 e. The van der Waals surface area contributed by atoms with Gasteiger partial charge in [0.15, 0.2) is 0 Å². The largest absolute Gasteiger partial charge is 0.755 e. The number of aromatic nitrogens is 1. The number of carboxylic acid groups (broad SMARTS) is 1. The summed E-state index contributed by atoms with van der Waals surface area (Å²) in [5.74, 6) is -1.09. The van der Waals surface area contributed by atoms with Crippen molar-refractivity contribution in [3.63, 3.8) is 0 Å². The second-order valence-corrected chi connectivity index (χ2v) is 4.85. The summed E-state index contributed by atoms with van der Waals surface area (Å²) in [6.07, 6.45) is 4.17. The second kappa shape index (κ2) is 7.34. The first-order chi connectivity index (χ1) is 10.5. The topological polar surface area (TPSA) is 114 Å². The van der Waals surface area contributed by atoms with Crippen LogP contribution in [0.1, 0.15) is 5.56 Å². The zero-order valence-electron chi connectivity index (χ0n) is 11.2. The molecule has 2 rings (SSSR count). The number of carboxylic acids is 1. The maximum Gasteiger partial charge on any atom is 0.330 e. The molecule has 114 valence electrons. The van der Waals surface area contributed by atoms with Gasteiger partial charge in [0.1, 0.15) is 0 Å². The van der Waals surface area contributed by atoms with E-state index in [1.54, 1.807) is 42.6 Å². The number of pyridine rings is 1. The highest BCUT2D eigenvalue weighted by Crippen LogP contribution is 2.20. The number of hydrogen-bond acceptors (Lipinski definition) is 5. The molecule has 2 aromatic rings. The van der Waals surface area contributed by atoms with Gasteiger partial charge in [0, 0.05) is 46.7 Å². The van der Waals surface area contributed by atoms with Crippen molar-refractivity contribution in [2.24, 2.45) is 0 Å². The van der Waals surface area contributed by atoms with Gasteiger partial charge in [-0.1, -0.05) is 0 Å². The Kier molecular flexibility index (Phi) is 5.23. The van der Waals surface area contributed by atoms with Crippen LogP contribution in [0.25, 0.3) is 5.70 Å². The first kappa shape index (κ1) is 15.7. The maximum absolute atomic E-state index is 10.9. The Labute approximate surface area is 129 Å². The van der Waals surface area contributed by atoms with Crippen LogP contribution >= 0.6 is 0 Å². The monoisotopic (exact) mass is 318 g/mol. The van der Waals surface area contributed by atoms with Gasteiger partial charge in [-0.2, -0.15) is 0 Å². The first-order valence-corrected chi connectivity index (χ1v) is 7.20. The molecular formula is C14H12N3O4S-. The molecule has 1 atom stereocenters. The molecule has 8 heteroatoms. The minimum atomic E-state index is -2.39. The van der Waals surface area contributed by atoms with E-state index in [1.807, 2.05) is 0 Å². The molecular weight excluding hydrogens is 306 g/mol. The average molecular weight is 318 g/mol. The molecule has 0 saturated carbocycles. The quantitative estimate of drug-likeness (QED) is 0.553. The van der Waals surface area contributed by atoms with E-state index in [2.05, 4.69) is 15.0 Å². The van der Waals surface area contributed by atoms with Gasteiger partial charge in [-0.25, -0.2) is 4.79 Å². The van der Waals surface area contributed by atoms with Gasteiger partial charge in [0.2, 0.25) is 0 Å². The molecule has 0 aliphatic heterocycles. The number of carbonyl (C=O) groups is 1. The lowest BCUT2D eigenvalue weighted by Gasteiger charge is -2.12. The lowest BCUT2D eigenvalue weighted by Crippen LogP contribution is -2.04. The fraction of sp³-hybridized carbons (Fsp3) is 0. The van der Waals surface area contributed by atoms with Crippen molar-refractivity contribution in [1.82, 2.24) is 4.98 Å². The Hall–Kier alpha value is -2.71. The Morgan fingerprint density at radius 2 is 1.91 bits per heavy atom. The predicted octanol–water partition coefficient (Wildman–Crippen LogP) is 1.83. The summed E-state index contributed by atoms with van der Waals surface area (Å²) in [5, 5.41) is 11.9. The van der Waals surface area contributed by atoms with E-state index in [0.717, 1.165) is 6.08 Å². The molecule has 7 nitrogen and oxygen atoms in total. The standard InChI is InChI=1S/C14H13N3O4S/c18-14(19)8-13(10-2-1-7-15-9-10)16-11-3-5-12(6-4-11)17-22(20)21/h1-9,16-17H,(H,18,19)(H,20,21)/p-1. The highest BCUT2D eigenvalue weighted by molar-refractivity contribution is 7.80. The summed E-state index contributed by atoms with van der Waals surface area (Å²) in [7, 11) is 0. The van der Waals surface area contributed by atoms with E-state index in [4.69, 9.17) is 5.11 Å². The Bertz CT molecular complexity index is 702. The summed E-state index contributed by atoms with van der Waals surface area (Å²) in [5.41, 5.74) is 2.00. The van der Waals surface area contributed by atoms with E-state index in [1.165, 1.54) is 6.20 Å². The van der Waals surface area contributed by atoms with Crippen molar-refractivity contribution in [2.45, 2.75) is 0 Å². The molecule has 1 aromatic carbocycles. The van der Waals surface area contributed by atoms with Gasteiger partial charge in [0.25, 0.3) is 0 Å². The van der Waals surface area contributed by atoms with Crippen LogP contribution in [0, 0.1) is 0 Å². The number of rotatable bonds is 6. The molecule has 0 spiro atoms. The molecule has 0 radical (unpaired) electrons. The molecule has 0 saturated heterocycles. The fourth-order valence-electron chi connectivity index (χ4n) is 1.71. The van der Waals surface area contributed by atoms with Crippen molar-refractivity contribution >= 4 is 34.3 Å². The van der Waals surface area contributed by atoms with Gasteiger partial charge in [-0.15, -0.1) is 0 Å². The van der Waals surface area contributed by atoms with Crippen molar-refractivity contribution in [2.75, 3.05) is 10.0 Å². The van der Waals surface area contributed by atoms with Crippen molar-refractivity contribution in [3.05, 3.63) is 60.4 Å². The summed E-state index contributed by atoms with van der Waals surface area (Å²) in [6, 6.07) is 9.79. The molecule has 0 aliphatic rings. The summed E-state index contributed by atoms with van der Waals surface area (Å²) < 4.78 is 23.3.